The molecule has 2 aliphatic heterocycles. The summed E-state index contributed by atoms with van der Waals surface area (Å²) < 4.78 is 5.42. The fourth-order valence-electron chi connectivity index (χ4n) is 3.50. The molecule has 0 aliphatic carbocycles. The average Bonchev–Trinajstić information content (AvgIpc) is 2.92. The molecular formula is C19H29N3O2. The molecule has 1 unspecified atom stereocenters. The van der Waals surface area contributed by atoms with Gasteiger partial charge < -0.3 is 15.0 Å². The van der Waals surface area contributed by atoms with Crippen molar-refractivity contribution in [2.45, 2.75) is 38.6 Å². The van der Waals surface area contributed by atoms with Crippen LogP contribution in [0, 0.1) is 0 Å². The quantitative estimate of drug-likeness (QED) is 0.922. The number of benzene rings is 1. The molecule has 1 aromatic rings. The van der Waals surface area contributed by atoms with Gasteiger partial charge in [-0.05, 0) is 37.5 Å². The van der Waals surface area contributed by atoms with Crippen LogP contribution in [0.1, 0.15) is 44.2 Å². The second-order valence-corrected chi connectivity index (χ2v) is 6.78. The van der Waals surface area contributed by atoms with Crippen molar-refractivity contribution in [3.63, 3.8) is 0 Å². The van der Waals surface area contributed by atoms with Gasteiger partial charge in [-0.25, -0.2) is 4.79 Å². The maximum absolute atomic E-state index is 12.4. The minimum absolute atomic E-state index is 0.0332. The first-order chi connectivity index (χ1) is 11.7. The van der Waals surface area contributed by atoms with Crippen molar-refractivity contribution >= 4 is 11.7 Å². The highest BCUT2D eigenvalue weighted by molar-refractivity contribution is 5.89. The van der Waals surface area contributed by atoms with Crippen molar-refractivity contribution in [1.29, 1.82) is 0 Å². The van der Waals surface area contributed by atoms with E-state index in [9.17, 15) is 4.79 Å². The van der Waals surface area contributed by atoms with Crippen molar-refractivity contribution in [2.75, 3.05) is 44.7 Å². The van der Waals surface area contributed by atoms with E-state index < -0.39 is 0 Å². The number of morpholine rings is 1. The number of anilines is 1. The first-order valence-electron chi connectivity index (χ1n) is 9.22. The Morgan fingerprint density at radius 3 is 2.25 bits per heavy atom. The normalized spacial score (nSPS) is 21.1. The Morgan fingerprint density at radius 1 is 1.00 bits per heavy atom. The monoisotopic (exact) mass is 331 g/mol. The number of carbonyl (C=O) groups is 1. The minimum atomic E-state index is 0.0332. The van der Waals surface area contributed by atoms with Crippen molar-refractivity contribution in [2.24, 2.45) is 0 Å². The van der Waals surface area contributed by atoms with Crippen molar-refractivity contribution < 1.29 is 9.53 Å². The first kappa shape index (κ1) is 17.2. The zero-order chi connectivity index (χ0) is 16.8. The smallest absolute Gasteiger partial charge is 0.321 e. The third-order valence-corrected chi connectivity index (χ3v) is 5.13. The molecule has 2 amide bonds. The lowest BCUT2D eigenvalue weighted by molar-refractivity contribution is 0.0198. The molecule has 2 heterocycles. The maximum Gasteiger partial charge on any atom is 0.321 e. The Balaban J connectivity index is 1.56. The number of ether oxygens (including phenoxy) is 1. The fraction of sp³-hybridized carbons (Fsp3) is 0.632. The molecule has 5 heteroatoms. The number of amides is 2. The molecule has 0 spiro atoms. The third kappa shape index (κ3) is 4.48. The summed E-state index contributed by atoms with van der Waals surface area (Å²) in [6, 6.07) is 8.69. The van der Waals surface area contributed by atoms with Gasteiger partial charge in [0.05, 0.1) is 13.2 Å². The van der Waals surface area contributed by atoms with Crippen LogP contribution < -0.4 is 5.32 Å². The van der Waals surface area contributed by atoms with Gasteiger partial charge >= 0.3 is 6.03 Å². The molecule has 0 bridgehead atoms. The van der Waals surface area contributed by atoms with Crippen LogP contribution in [-0.2, 0) is 4.74 Å². The number of nitrogens with one attached hydrogen (secondary N) is 1. The number of rotatable bonds is 3. The van der Waals surface area contributed by atoms with Crippen LogP contribution in [0.15, 0.2) is 24.3 Å². The summed E-state index contributed by atoms with van der Waals surface area (Å²) in [5, 5.41) is 3.04. The Labute approximate surface area is 145 Å². The van der Waals surface area contributed by atoms with Crippen LogP contribution in [0.25, 0.3) is 0 Å². The van der Waals surface area contributed by atoms with E-state index in [4.69, 9.17) is 4.74 Å². The van der Waals surface area contributed by atoms with Gasteiger partial charge in [-0.2, -0.15) is 0 Å². The summed E-state index contributed by atoms with van der Waals surface area (Å²) in [5.74, 6) is 0. The van der Waals surface area contributed by atoms with Crippen LogP contribution in [0.4, 0.5) is 10.5 Å². The summed E-state index contributed by atoms with van der Waals surface area (Å²) in [6.45, 7) is 7.57. The third-order valence-electron chi connectivity index (χ3n) is 5.13. The zero-order valence-electron chi connectivity index (χ0n) is 14.7. The Morgan fingerprint density at radius 2 is 1.62 bits per heavy atom. The highest BCUT2D eigenvalue weighted by Crippen LogP contribution is 2.23. The lowest BCUT2D eigenvalue weighted by Crippen LogP contribution is -2.38. The van der Waals surface area contributed by atoms with Gasteiger partial charge in [0, 0.05) is 37.9 Å². The van der Waals surface area contributed by atoms with Gasteiger partial charge in [-0.15, -0.1) is 0 Å². The highest BCUT2D eigenvalue weighted by atomic mass is 16.5. The molecule has 1 aromatic carbocycles. The van der Waals surface area contributed by atoms with Gasteiger partial charge in [-0.1, -0.05) is 25.0 Å². The maximum atomic E-state index is 12.4. The van der Waals surface area contributed by atoms with E-state index in [1.165, 1.54) is 18.4 Å². The van der Waals surface area contributed by atoms with Crippen molar-refractivity contribution in [3.8, 4) is 0 Å². The van der Waals surface area contributed by atoms with Crippen molar-refractivity contribution in [3.05, 3.63) is 29.8 Å². The summed E-state index contributed by atoms with van der Waals surface area (Å²) in [7, 11) is 0. The van der Waals surface area contributed by atoms with E-state index in [-0.39, 0.29) is 6.03 Å². The molecule has 1 N–H and O–H groups in total. The number of carbonyl (C=O) groups excluding carboxylic acids is 1. The highest BCUT2D eigenvalue weighted by Gasteiger charge is 2.19. The molecule has 2 saturated heterocycles. The molecule has 0 radical (unpaired) electrons. The molecule has 24 heavy (non-hydrogen) atoms. The van der Waals surface area contributed by atoms with Crippen LogP contribution in [0.5, 0.6) is 0 Å². The van der Waals surface area contributed by atoms with Crippen LogP contribution >= 0.6 is 0 Å². The van der Waals surface area contributed by atoms with E-state index in [2.05, 4.69) is 29.3 Å². The molecule has 3 rings (SSSR count). The molecule has 2 fully saturated rings. The van der Waals surface area contributed by atoms with Gasteiger partial charge in [0.1, 0.15) is 0 Å². The predicted octanol–water partition coefficient (Wildman–Crippen LogP) is 3.49. The molecule has 2 aliphatic rings. The minimum Gasteiger partial charge on any atom is -0.379 e. The number of nitrogens with zero attached hydrogens (tertiary/aromatic N) is 2. The molecule has 1 atom stereocenters. The van der Waals surface area contributed by atoms with E-state index >= 15 is 0 Å². The van der Waals surface area contributed by atoms with E-state index in [1.807, 2.05) is 17.0 Å². The van der Waals surface area contributed by atoms with E-state index in [0.717, 1.165) is 57.9 Å². The average molecular weight is 331 g/mol. The summed E-state index contributed by atoms with van der Waals surface area (Å²) in [6.07, 6.45) is 4.70. The Bertz CT molecular complexity index is 518. The van der Waals surface area contributed by atoms with Gasteiger partial charge in [-0.3, -0.25) is 4.90 Å². The number of hydrogen-bond donors (Lipinski definition) is 1. The standard InChI is InChI=1S/C19H29N3O2/c1-16(21-12-14-24-15-13-21)17-6-8-18(9-7-17)20-19(23)22-10-4-2-3-5-11-22/h6-9,16H,2-5,10-15H2,1H3,(H,20,23). The molecular weight excluding hydrogens is 302 g/mol. The number of urea groups is 1. The van der Waals surface area contributed by atoms with Gasteiger partial charge in [0.2, 0.25) is 0 Å². The Hall–Kier alpha value is -1.59. The SMILES string of the molecule is CC(c1ccc(NC(=O)N2CCCCCC2)cc1)N1CCOCC1. The summed E-state index contributed by atoms with van der Waals surface area (Å²) in [5.41, 5.74) is 2.16. The lowest BCUT2D eigenvalue weighted by atomic mass is 10.1. The van der Waals surface area contributed by atoms with E-state index in [1.54, 1.807) is 0 Å². The van der Waals surface area contributed by atoms with Crippen LogP contribution in [0.2, 0.25) is 0 Å². The molecule has 5 nitrogen and oxygen atoms in total. The predicted molar refractivity (Wildman–Crippen MR) is 96.3 cm³/mol. The first-order valence-corrected chi connectivity index (χ1v) is 9.22. The summed E-state index contributed by atoms with van der Waals surface area (Å²) in [4.78, 5) is 16.8. The number of hydrogen-bond acceptors (Lipinski definition) is 3. The molecule has 0 saturated carbocycles. The van der Waals surface area contributed by atoms with Crippen LogP contribution in [-0.4, -0.2) is 55.2 Å². The second-order valence-electron chi connectivity index (χ2n) is 6.78. The second kappa shape index (κ2) is 8.49. The van der Waals surface area contributed by atoms with Gasteiger partial charge in [0.15, 0.2) is 0 Å². The molecule has 0 aromatic heterocycles. The van der Waals surface area contributed by atoms with E-state index in [0.29, 0.717) is 6.04 Å². The van der Waals surface area contributed by atoms with Gasteiger partial charge in [0.25, 0.3) is 0 Å². The lowest BCUT2D eigenvalue weighted by Gasteiger charge is -2.32. The zero-order valence-corrected chi connectivity index (χ0v) is 14.7. The Kier molecular flexibility index (Phi) is 6.10. The largest absolute Gasteiger partial charge is 0.379 e. The van der Waals surface area contributed by atoms with Crippen LogP contribution in [0.3, 0.4) is 0 Å². The van der Waals surface area contributed by atoms with Crippen molar-refractivity contribution in [1.82, 2.24) is 9.80 Å². The topological polar surface area (TPSA) is 44.8 Å². The number of likely N-dealkylation sites (tertiary alicyclic amines) is 1. The molecule has 132 valence electrons. The fourth-order valence-corrected chi connectivity index (χ4v) is 3.50. The summed E-state index contributed by atoms with van der Waals surface area (Å²) >= 11 is 0.